The molecule has 1 heterocycles. The van der Waals surface area contributed by atoms with E-state index in [0.29, 0.717) is 11.4 Å². The first-order valence-corrected chi connectivity index (χ1v) is 5.35. The summed E-state index contributed by atoms with van der Waals surface area (Å²) in [5, 5.41) is 10.2. The van der Waals surface area contributed by atoms with Gasteiger partial charge < -0.3 is 9.52 Å². The van der Waals surface area contributed by atoms with Gasteiger partial charge in [0, 0.05) is 22.4 Å². The van der Waals surface area contributed by atoms with Crippen LogP contribution in [0.25, 0.3) is 11.0 Å². The number of aliphatic carboxylic acids is 1. The largest absolute Gasteiger partial charge is 0.481 e. The summed E-state index contributed by atoms with van der Waals surface area (Å²) in [4.78, 5) is 10.6. The quantitative estimate of drug-likeness (QED) is 0.892. The molecule has 1 aromatic carbocycles. The van der Waals surface area contributed by atoms with Crippen LogP contribution in [0.15, 0.2) is 22.6 Å². The number of rotatable bonds is 3. The molecule has 0 radical (unpaired) electrons. The molecule has 0 aliphatic rings. The topological polar surface area (TPSA) is 50.4 Å². The van der Waals surface area contributed by atoms with Gasteiger partial charge in [0.05, 0.1) is 0 Å². The van der Waals surface area contributed by atoms with Crippen molar-refractivity contribution in [3.63, 3.8) is 0 Å². The van der Waals surface area contributed by atoms with Crippen LogP contribution in [0, 0.1) is 6.92 Å². The minimum absolute atomic E-state index is 0.0992. The highest BCUT2D eigenvalue weighted by Gasteiger charge is 2.12. The average molecular weight is 239 g/mol. The van der Waals surface area contributed by atoms with E-state index in [0.717, 1.165) is 22.3 Å². The predicted molar refractivity (Wildman–Crippen MR) is 61.9 cm³/mol. The van der Waals surface area contributed by atoms with Gasteiger partial charge in [-0.25, -0.2) is 0 Å². The third kappa shape index (κ3) is 2.04. The van der Waals surface area contributed by atoms with Gasteiger partial charge in [0.2, 0.25) is 0 Å². The first-order valence-electron chi connectivity index (χ1n) is 4.97. The van der Waals surface area contributed by atoms with Crippen molar-refractivity contribution in [1.82, 2.24) is 0 Å². The Labute approximate surface area is 97.6 Å². The molecule has 4 heteroatoms. The minimum atomic E-state index is -0.809. The van der Waals surface area contributed by atoms with E-state index in [9.17, 15) is 4.79 Å². The van der Waals surface area contributed by atoms with Crippen LogP contribution in [0.5, 0.6) is 0 Å². The molecule has 0 saturated carbocycles. The summed E-state index contributed by atoms with van der Waals surface area (Å²) in [5.41, 5.74) is 1.68. The molecule has 0 aliphatic carbocycles. The lowest BCUT2D eigenvalue weighted by Crippen LogP contribution is -1.97. The number of aryl methyl sites for hydroxylation is 2. The zero-order valence-electron chi connectivity index (χ0n) is 8.79. The van der Waals surface area contributed by atoms with Crippen LogP contribution >= 0.6 is 11.6 Å². The standard InChI is InChI=1S/C12H11ClO3/c1-7-9(3-5-12(14)15)10-6-8(13)2-4-11(10)16-7/h2,4,6H,3,5H2,1H3,(H,14,15). The van der Waals surface area contributed by atoms with E-state index in [2.05, 4.69) is 0 Å². The number of halogens is 1. The Balaban J connectivity index is 2.45. The molecule has 0 saturated heterocycles. The number of carbonyl (C=O) groups is 1. The van der Waals surface area contributed by atoms with Gasteiger partial charge in [0.25, 0.3) is 0 Å². The van der Waals surface area contributed by atoms with E-state index in [1.54, 1.807) is 12.1 Å². The number of carboxylic acid groups (broad SMARTS) is 1. The Kier molecular flexibility index (Phi) is 2.88. The van der Waals surface area contributed by atoms with Crippen LogP contribution in [0.2, 0.25) is 5.02 Å². The maximum absolute atomic E-state index is 10.6. The number of carboxylic acids is 1. The summed E-state index contributed by atoms with van der Waals surface area (Å²) in [6, 6.07) is 5.37. The molecule has 0 bridgehead atoms. The maximum atomic E-state index is 10.6. The molecule has 0 aliphatic heterocycles. The van der Waals surface area contributed by atoms with Crippen molar-refractivity contribution in [3.8, 4) is 0 Å². The fourth-order valence-corrected chi connectivity index (χ4v) is 1.96. The molecule has 2 aromatic rings. The SMILES string of the molecule is Cc1oc2ccc(Cl)cc2c1CCC(=O)O. The van der Waals surface area contributed by atoms with Crippen molar-refractivity contribution >= 4 is 28.5 Å². The lowest BCUT2D eigenvalue weighted by atomic mass is 10.1. The van der Waals surface area contributed by atoms with E-state index >= 15 is 0 Å². The summed E-state index contributed by atoms with van der Waals surface area (Å²) < 4.78 is 5.53. The number of furan rings is 1. The number of hydrogen-bond donors (Lipinski definition) is 1. The Bertz CT molecular complexity index is 542. The normalized spacial score (nSPS) is 10.9. The fourth-order valence-electron chi connectivity index (χ4n) is 1.79. The lowest BCUT2D eigenvalue weighted by Gasteiger charge is -1.97. The molecule has 84 valence electrons. The van der Waals surface area contributed by atoms with Crippen LogP contribution in [-0.2, 0) is 11.2 Å². The first kappa shape index (κ1) is 11.0. The third-order valence-electron chi connectivity index (χ3n) is 2.54. The Morgan fingerprint density at radius 1 is 1.50 bits per heavy atom. The monoisotopic (exact) mass is 238 g/mol. The second kappa shape index (κ2) is 4.18. The van der Waals surface area contributed by atoms with Gasteiger partial charge in [0.1, 0.15) is 11.3 Å². The van der Waals surface area contributed by atoms with Gasteiger partial charge in [-0.2, -0.15) is 0 Å². The van der Waals surface area contributed by atoms with Crippen LogP contribution in [-0.4, -0.2) is 11.1 Å². The average Bonchev–Trinajstić information content (AvgIpc) is 2.51. The summed E-state index contributed by atoms with van der Waals surface area (Å²) in [6.07, 6.45) is 0.566. The van der Waals surface area contributed by atoms with Crippen LogP contribution < -0.4 is 0 Å². The summed E-state index contributed by atoms with van der Waals surface area (Å²) in [5.74, 6) is -0.0469. The number of fused-ring (bicyclic) bond motifs is 1. The molecule has 0 spiro atoms. The first-order chi connectivity index (χ1) is 7.58. The van der Waals surface area contributed by atoms with E-state index < -0.39 is 5.97 Å². The second-order valence-corrected chi connectivity index (χ2v) is 4.11. The van der Waals surface area contributed by atoms with Gasteiger partial charge in [0.15, 0.2) is 0 Å². The van der Waals surface area contributed by atoms with Crippen molar-refractivity contribution in [2.24, 2.45) is 0 Å². The highest BCUT2D eigenvalue weighted by molar-refractivity contribution is 6.31. The van der Waals surface area contributed by atoms with Gasteiger partial charge in [-0.1, -0.05) is 11.6 Å². The smallest absolute Gasteiger partial charge is 0.303 e. The van der Waals surface area contributed by atoms with Crippen LogP contribution in [0.4, 0.5) is 0 Å². The molecular formula is C12H11ClO3. The van der Waals surface area contributed by atoms with Gasteiger partial charge >= 0.3 is 5.97 Å². The minimum Gasteiger partial charge on any atom is -0.481 e. The van der Waals surface area contributed by atoms with Crippen molar-refractivity contribution in [2.75, 3.05) is 0 Å². The molecule has 16 heavy (non-hydrogen) atoms. The summed E-state index contributed by atoms with van der Waals surface area (Å²) >= 11 is 5.90. The van der Waals surface area contributed by atoms with Gasteiger partial charge in [-0.3, -0.25) is 4.79 Å². The summed E-state index contributed by atoms with van der Waals surface area (Å²) in [7, 11) is 0. The predicted octanol–water partition coefficient (Wildman–Crippen LogP) is 3.41. The van der Waals surface area contributed by atoms with Crippen molar-refractivity contribution in [2.45, 2.75) is 19.8 Å². The van der Waals surface area contributed by atoms with E-state index in [1.807, 2.05) is 13.0 Å². The van der Waals surface area contributed by atoms with Crippen molar-refractivity contribution in [3.05, 3.63) is 34.5 Å². The summed E-state index contributed by atoms with van der Waals surface area (Å²) in [6.45, 7) is 1.84. The molecule has 3 nitrogen and oxygen atoms in total. The molecule has 1 aromatic heterocycles. The Morgan fingerprint density at radius 3 is 2.94 bits per heavy atom. The molecule has 1 N–H and O–H groups in total. The van der Waals surface area contributed by atoms with Crippen molar-refractivity contribution in [1.29, 1.82) is 0 Å². The van der Waals surface area contributed by atoms with Gasteiger partial charge in [-0.15, -0.1) is 0 Å². The van der Waals surface area contributed by atoms with Crippen molar-refractivity contribution < 1.29 is 14.3 Å². The number of hydrogen-bond acceptors (Lipinski definition) is 2. The van der Waals surface area contributed by atoms with Gasteiger partial charge in [-0.05, 0) is 31.5 Å². The van der Waals surface area contributed by atoms with Crippen LogP contribution in [0.3, 0.4) is 0 Å². The fraction of sp³-hybridized carbons (Fsp3) is 0.250. The third-order valence-corrected chi connectivity index (χ3v) is 2.78. The van der Waals surface area contributed by atoms with E-state index in [1.165, 1.54) is 0 Å². The molecule has 0 fully saturated rings. The number of benzene rings is 1. The molecule has 0 atom stereocenters. The second-order valence-electron chi connectivity index (χ2n) is 3.67. The molecular weight excluding hydrogens is 228 g/mol. The highest BCUT2D eigenvalue weighted by atomic mass is 35.5. The molecule has 2 rings (SSSR count). The van der Waals surface area contributed by atoms with E-state index in [4.69, 9.17) is 21.1 Å². The van der Waals surface area contributed by atoms with E-state index in [-0.39, 0.29) is 6.42 Å². The molecule has 0 unspecified atom stereocenters. The zero-order chi connectivity index (χ0) is 11.7. The maximum Gasteiger partial charge on any atom is 0.303 e. The Morgan fingerprint density at radius 2 is 2.25 bits per heavy atom. The Hall–Kier alpha value is -1.48. The van der Waals surface area contributed by atoms with Crippen LogP contribution in [0.1, 0.15) is 17.7 Å². The highest BCUT2D eigenvalue weighted by Crippen LogP contribution is 2.28. The molecule has 0 amide bonds. The zero-order valence-corrected chi connectivity index (χ0v) is 9.54. The lowest BCUT2D eigenvalue weighted by molar-refractivity contribution is -0.136.